The van der Waals surface area contributed by atoms with E-state index in [4.69, 9.17) is 12.2 Å². The van der Waals surface area contributed by atoms with Gasteiger partial charge in [0.25, 0.3) is 5.91 Å². The van der Waals surface area contributed by atoms with E-state index in [1.54, 1.807) is 18.3 Å². The van der Waals surface area contributed by atoms with Crippen LogP contribution in [0, 0.1) is 4.77 Å². The third-order valence-corrected chi connectivity index (χ3v) is 4.51. The maximum absolute atomic E-state index is 12.3. The summed E-state index contributed by atoms with van der Waals surface area (Å²) in [6, 6.07) is 13.4. The molecule has 0 radical (unpaired) electrons. The standard InChI is InChI=1S/C19H17N5OS/c1-2-24-11-13(14-5-3-4-6-17(14)24)10-20-23-18(25)12-7-8-15-16(9-12)22-19(26)21-15/h3-11H,2H2,1H3,(H,23,25)(H2,21,22,26)/b20-10-. The van der Waals surface area contributed by atoms with E-state index in [1.165, 1.54) is 0 Å². The molecule has 0 bridgehead atoms. The van der Waals surface area contributed by atoms with E-state index in [-0.39, 0.29) is 5.91 Å². The number of nitrogens with one attached hydrogen (secondary N) is 3. The van der Waals surface area contributed by atoms with Gasteiger partial charge in [-0.25, -0.2) is 5.43 Å². The number of benzene rings is 2. The Balaban J connectivity index is 1.56. The minimum atomic E-state index is -0.275. The zero-order valence-corrected chi connectivity index (χ0v) is 14.9. The number of fused-ring (bicyclic) bond motifs is 2. The van der Waals surface area contributed by atoms with Crippen molar-refractivity contribution in [1.29, 1.82) is 0 Å². The summed E-state index contributed by atoms with van der Waals surface area (Å²) < 4.78 is 2.68. The normalized spacial score (nSPS) is 11.6. The first kappa shape index (κ1) is 16.3. The van der Waals surface area contributed by atoms with Crippen molar-refractivity contribution in [2.45, 2.75) is 13.5 Å². The van der Waals surface area contributed by atoms with Crippen LogP contribution in [0.4, 0.5) is 0 Å². The van der Waals surface area contributed by atoms with Crippen molar-refractivity contribution in [3.63, 3.8) is 0 Å². The lowest BCUT2D eigenvalue weighted by molar-refractivity contribution is 0.0955. The van der Waals surface area contributed by atoms with Crippen LogP contribution < -0.4 is 5.43 Å². The molecule has 0 saturated heterocycles. The molecule has 4 rings (SSSR count). The second-order valence-electron chi connectivity index (χ2n) is 5.93. The molecule has 0 spiro atoms. The number of amides is 1. The van der Waals surface area contributed by atoms with Crippen molar-refractivity contribution in [3.05, 3.63) is 64.6 Å². The Labute approximate surface area is 154 Å². The Hall–Kier alpha value is -3.19. The molecule has 26 heavy (non-hydrogen) atoms. The first-order valence-corrected chi connectivity index (χ1v) is 8.70. The molecule has 0 unspecified atom stereocenters. The fourth-order valence-electron chi connectivity index (χ4n) is 3.04. The first-order valence-electron chi connectivity index (χ1n) is 8.29. The third kappa shape index (κ3) is 2.93. The summed E-state index contributed by atoms with van der Waals surface area (Å²) in [4.78, 5) is 18.3. The van der Waals surface area contributed by atoms with Crippen LogP contribution in [0.15, 0.2) is 53.8 Å². The van der Waals surface area contributed by atoms with E-state index in [9.17, 15) is 4.79 Å². The van der Waals surface area contributed by atoms with Crippen molar-refractivity contribution in [3.8, 4) is 0 Å². The number of nitrogens with zero attached hydrogens (tertiary/aromatic N) is 2. The Kier molecular flexibility index (Phi) is 4.14. The number of imidazole rings is 1. The fraction of sp³-hybridized carbons (Fsp3) is 0.105. The molecule has 2 aromatic carbocycles. The first-order chi connectivity index (χ1) is 12.7. The Bertz CT molecular complexity index is 1200. The molecule has 2 heterocycles. The van der Waals surface area contributed by atoms with Crippen LogP contribution >= 0.6 is 12.2 Å². The summed E-state index contributed by atoms with van der Waals surface area (Å²) in [5, 5.41) is 5.23. The van der Waals surface area contributed by atoms with Gasteiger partial charge < -0.3 is 14.5 Å². The molecule has 3 N–H and O–H groups in total. The summed E-state index contributed by atoms with van der Waals surface area (Å²) in [6.07, 6.45) is 3.71. The zero-order valence-electron chi connectivity index (χ0n) is 14.1. The molecule has 6 nitrogen and oxygen atoms in total. The average Bonchev–Trinajstić information content (AvgIpc) is 3.20. The highest BCUT2D eigenvalue weighted by Crippen LogP contribution is 2.19. The van der Waals surface area contributed by atoms with E-state index in [2.05, 4.69) is 38.1 Å². The van der Waals surface area contributed by atoms with E-state index in [1.807, 2.05) is 30.5 Å². The summed E-state index contributed by atoms with van der Waals surface area (Å²) in [5.41, 5.74) is 6.86. The van der Waals surface area contributed by atoms with E-state index < -0.39 is 0 Å². The number of aromatic nitrogens is 3. The summed E-state index contributed by atoms with van der Waals surface area (Å²) in [5.74, 6) is -0.275. The lowest BCUT2D eigenvalue weighted by Crippen LogP contribution is -2.17. The number of aryl methyl sites for hydroxylation is 1. The van der Waals surface area contributed by atoms with Crippen LogP contribution in [0.2, 0.25) is 0 Å². The molecule has 0 atom stereocenters. The van der Waals surface area contributed by atoms with Gasteiger partial charge in [-0.3, -0.25) is 4.79 Å². The molecular weight excluding hydrogens is 346 g/mol. The highest BCUT2D eigenvalue weighted by molar-refractivity contribution is 7.71. The van der Waals surface area contributed by atoms with E-state index >= 15 is 0 Å². The zero-order chi connectivity index (χ0) is 18.1. The van der Waals surface area contributed by atoms with Gasteiger partial charge in [-0.1, -0.05) is 18.2 Å². The van der Waals surface area contributed by atoms with Crippen molar-refractivity contribution in [1.82, 2.24) is 20.0 Å². The van der Waals surface area contributed by atoms with Crippen LogP contribution in [0.1, 0.15) is 22.8 Å². The molecular formula is C19H17N5OS. The lowest BCUT2D eigenvalue weighted by Gasteiger charge is -1.99. The molecule has 0 aliphatic rings. The number of H-pyrrole nitrogens is 2. The van der Waals surface area contributed by atoms with Crippen molar-refractivity contribution in [2.75, 3.05) is 0 Å². The largest absolute Gasteiger partial charge is 0.347 e. The quantitative estimate of drug-likeness (QED) is 0.291. The predicted octanol–water partition coefficient (Wildman–Crippen LogP) is 3.96. The summed E-state index contributed by atoms with van der Waals surface area (Å²) in [7, 11) is 0. The van der Waals surface area contributed by atoms with Gasteiger partial charge >= 0.3 is 0 Å². The number of aromatic amines is 2. The van der Waals surface area contributed by atoms with Gasteiger partial charge in [0.2, 0.25) is 0 Å². The van der Waals surface area contributed by atoms with Gasteiger partial charge in [-0.15, -0.1) is 0 Å². The smallest absolute Gasteiger partial charge is 0.271 e. The van der Waals surface area contributed by atoms with Crippen molar-refractivity contribution >= 4 is 46.3 Å². The Morgan fingerprint density at radius 2 is 2.04 bits per heavy atom. The second-order valence-corrected chi connectivity index (χ2v) is 6.33. The monoisotopic (exact) mass is 363 g/mol. The molecule has 0 fully saturated rings. The number of carbonyl (C=O) groups excluding carboxylic acids is 1. The topological polar surface area (TPSA) is 78.0 Å². The number of hydrogen-bond donors (Lipinski definition) is 3. The maximum Gasteiger partial charge on any atom is 0.271 e. The predicted molar refractivity (Wildman–Crippen MR) is 106 cm³/mol. The van der Waals surface area contributed by atoms with Crippen molar-refractivity contribution < 1.29 is 4.79 Å². The number of hydrogen-bond acceptors (Lipinski definition) is 3. The van der Waals surface area contributed by atoms with Gasteiger partial charge in [0, 0.05) is 34.8 Å². The van der Waals surface area contributed by atoms with Gasteiger partial charge in [0.15, 0.2) is 4.77 Å². The minimum absolute atomic E-state index is 0.275. The van der Waals surface area contributed by atoms with Gasteiger partial charge in [0.05, 0.1) is 17.2 Å². The number of para-hydroxylation sites is 1. The van der Waals surface area contributed by atoms with Crippen LogP contribution in [0.5, 0.6) is 0 Å². The molecule has 0 aliphatic heterocycles. The molecule has 2 aromatic heterocycles. The summed E-state index contributed by atoms with van der Waals surface area (Å²) in [6.45, 7) is 2.97. The maximum atomic E-state index is 12.3. The lowest BCUT2D eigenvalue weighted by atomic mass is 10.2. The molecule has 7 heteroatoms. The van der Waals surface area contributed by atoms with E-state index in [0.29, 0.717) is 10.3 Å². The van der Waals surface area contributed by atoms with Gasteiger partial charge in [-0.05, 0) is 43.4 Å². The number of hydrazone groups is 1. The molecule has 1 amide bonds. The Morgan fingerprint density at radius 1 is 1.23 bits per heavy atom. The van der Waals surface area contributed by atoms with Gasteiger partial charge in [0.1, 0.15) is 0 Å². The summed E-state index contributed by atoms with van der Waals surface area (Å²) >= 11 is 5.06. The SMILES string of the molecule is CCn1cc(/C=N\NC(=O)c2ccc3[nH]c(=S)[nH]c3c2)c2ccccc21. The van der Waals surface area contributed by atoms with Crippen LogP contribution in [-0.2, 0) is 6.54 Å². The van der Waals surface area contributed by atoms with Crippen LogP contribution in [0.25, 0.3) is 21.9 Å². The third-order valence-electron chi connectivity index (χ3n) is 4.31. The highest BCUT2D eigenvalue weighted by atomic mass is 32.1. The Morgan fingerprint density at radius 3 is 2.88 bits per heavy atom. The number of carbonyl (C=O) groups is 1. The van der Waals surface area contributed by atoms with E-state index in [0.717, 1.165) is 34.0 Å². The second kappa shape index (κ2) is 6.61. The van der Waals surface area contributed by atoms with Crippen LogP contribution in [-0.4, -0.2) is 26.7 Å². The minimum Gasteiger partial charge on any atom is -0.347 e. The number of rotatable bonds is 4. The van der Waals surface area contributed by atoms with Gasteiger partial charge in [-0.2, -0.15) is 5.10 Å². The average molecular weight is 363 g/mol. The molecule has 0 aliphatic carbocycles. The van der Waals surface area contributed by atoms with Crippen LogP contribution in [0.3, 0.4) is 0 Å². The van der Waals surface area contributed by atoms with Crippen molar-refractivity contribution in [2.24, 2.45) is 5.10 Å². The highest BCUT2D eigenvalue weighted by Gasteiger charge is 2.08. The molecule has 0 saturated carbocycles. The molecule has 4 aromatic rings. The molecule has 130 valence electrons. The fourth-order valence-corrected chi connectivity index (χ4v) is 3.26.